The van der Waals surface area contributed by atoms with Crippen LogP contribution in [0.1, 0.15) is 18.5 Å². The van der Waals surface area contributed by atoms with E-state index in [-0.39, 0.29) is 11.7 Å². The van der Waals surface area contributed by atoms with Crippen molar-refractivity contribution in [2.75, 3.05) is 5.32 Å². The van der Waals surface area contributed by atoms with Crippen molar-refractivity contribution in [3.63, 3.8) is 0 Å². The summed E-state index contributed by atoms with van der Waals surface area (Å²) in [5, 5.41) is 7.68. The third-order valence-electron chi connectivity index (χ3n) is 4.50. The lowest BCUT2D eigenvalue weighted by molar-refractivity contribution is -0.118. The van der Waals surface area contributed by atoms with Gasteiger partial charge < -0.3 is 9.84 Å². The van der Waals surface area contributed by atoms with E-state index < -0.39 is 11.2 Å². The smallest absolute Gasteiger partial charge is 0.236 e. The van der Waals surface area contributed by atoms with Crippen LogP contribution in [-0.2, 0) is 10.2 Å². The van der Waals surface area contributed by atoms with E-state index >= 15 is 0 Å². The second-order valence-electron chi connectivity index (χ2n) is 6.22. The fraction of sp³-hybridized carbons (Fsp3) is 0.158. The normalized spacial score (nSPS) is 14.9. The molecule has 4 nitrogen and oxygen atoms in total. The molecule has 1 heterocycles. The first-order valence-corrected chi connectivity index (χ1v) is 8.74. The van der Waals surface area contributed by atoms with E-state index in [0.29, 0.717) is 39.8 Å². The van der Waals surface area contributed by atoms with Crippen LogP contribution in [-0.4, -0.2) is 11.1 Å². The van der Waals surface area contributed by atoms with Crippen LogP contribution in [0, 0.1) is 5.82 Å². The zero-order valence-corrected chi connectivity index (χ0v) is 14.9. The fourth-order valence-electron chi connectivity index (χ4n) is 2.85. The summed E-state index contributed by atoms with van der Waals surface area (Å²) < 4.78 is 19.2. The standard InChI is InChI=1S/C19H13Cl2FN2O2/c20-11-5-6-13(21)15(9-11)23-18(25)19(7-8-19)17-10-16(26-24-17)12-3-1-2-4-14(12)22/h1-6,9-10H,7-8H2,(H,23,25). The number of carbonyl (C=O) groups is 1. The van der Waals surface area contributed by atoms with Crippen LogP contribution >= 0.6 is 23.2 Å². The molecule has 4 rings (SSSR count). The van der Waals surface area contributed by atoms with Crippen molar-refractivity contribution in [1.82, 2.24) is 5.16 Å². The predicted molar refractivity (Wildman–Crippen MR) is 97.9 cm³/mol. The van der Waals surface area contributed by atoms with Gasteiger partial charge in [-0.15, -0.1) is 0 Å². The van der Waals surface area contributed by atoms with E-state index in [1.54, 1.807) is 42.5 Å². The molecule has 1 N–H and O–H groups in total. The summed E-state index contributed by atoms with van der Waals surface area (Å²) in [6, 6.07) is 12.7. The van der Waals surface area contributed by atoms with Gasteiger partial charge in [-0.2, -0.15) is 0 Å². The molecule has 0 saturated heterocycles. The van der Waals surface area contributed by atoms with Crippen LogP contribution in [0.25, 0.3) is 11.3 Å². The van der Waals surface area contributed by atoms with Crippen LogP contribution in [0.5, 0.6) is 0 Å². The minimum atomic E-state index is -0.793. The number of hydrogen-bond donors (Lipinski definition) is 1. The molecule has 1 amide bonds. The van der Waals surface area contributed by atoms with E-state index in [2.05, 4.69) is 10.5 Å². The van der Waals surface area contributed by atoms with Crippen molar-refractivity contribution in [1.29, 1.82) is 0 Å². The van der Waals surface area contributed by atoms with Crippen molar-refractivity contribution in [2.24, 2.45) is 0 Å². The summed E-state index contributed by atoms with van der Waals surface area (Å²) in [6.07, 6.45) is 1.25. The molecular formula is C19H13Cl2FN2O2. The van der Waals surface area contributed by atoms with E-state index in [9.17, 15) is 9.18 Å². The van der Waals surface area contributed by atoms with Crippen LogP contribution in [0.2, 0.25) is 10.0 Å². The van der Waals surface area contributed by atoms with Crippen molar-refractivity contribution in [3.05, 3.63) is 70.1 Å². The average molecular weight is 391 g/mol. The Morgan fingerprint density at radius 1 is 1.15 bits per heavy atom. The van der Waals surface area contributed by atoms with E-state index in [4.69, 9.17) is 27.7 Å². The maximum atomic E-state index is 13.9. The molecule has 2 aromatic carbocycles. The second-order valence-corrected chi connectivity index (χ2v) is 7.06. The molecule has 1 aliphatic rings. The lowest BCUT2D eigenvalue weighted by Crippen LogP contribution is -2.28. The molecule has 1 fully saturated rings. The summed E-state index contributed by atoms with van der Waals surface area (Å²) in [4.78, 5) is 12.8. The molecule has 3 aromatic rings. The Bertz CT molecular complexity index is 999. The molecule has 1 aromatic heterocycles. The molecule has 1 aliphatic carbocycles. The molecule has 1 saturated carbocycles. The first kappa shape index (κ1) is 17.1. The Hall–Kier alpha value is -2.37. The lowest BCUT2D eigenvalue weighted by Gasteiger charge is -2.13. The monoisotopic (exact) mass is 390 g/mol. The van der Waals surface area contributed by atoms with E-state index in [0.717, 1.165) is 0 Å². The summed E-state index contributed by atoms with van der Waals surface area (Å²) >= 11 is 12.1. The molecule has 132 valence electrons. The number of nitrogens with one attached hydrogen (secondary N) is 1. The number of nitrogens with zero attached hydrogens (tertiary/aromatic N) is 1. The van der Waals surface area contributed by atoms with Crippen molar-refractivity contribution < 1.29 is 13.7 Å². The number of rotatable bonds is 4. The zero-order chi connectivity index (χ0) is 18.3. The Morgan fingerprint density at radius 2 is 1.92 bits per heavy atom. The topological polar surface area (TPSA) is 55.1 Å². The number of carbonyl (C=O) groups excluding carboxylic acids is 1. The van der Waals surface area contributed by atoms with Gasteiger partial charge in [0, 0.05) is 11.1 Å². The van der Waals surface area contributed by atoms with Crippen molar-refractivity contribution >= 4 is 34.8 Å². The summed E-state index contributed by atoms with van der Waals surface area (Å²) in [5.74, 6) is -0.358. The van der Waals surface area contributed by atoms with Gasteiger partial charge in [0.05, 0.1) is 27.4 Å². The highest BCUT2D eigenvalue weighted by molar-refractivity contribution is 6.35. The molecular weight excluding hydrogens is 378 g/mol. The molecule has 0 bridgehead atoms. The SMILES string of the molecule is O=C(Nc1cc(Cl)ccc1Cl)C1(c2cc(-c3ccccc3F)on2)CC1. The third kappa shape index (κ3) is 2.97. The first-order chi connectivity index (χ1) is 12.5. The Balaban J connectivity index is 1.61. The average Bonchev–Trinajstić information content (AvgIpc) is 3.29. The maximum Gasteiger partial charge on any atom is 0.236 e. The highest BCUT2D eigenvalue weighted by atomic mass is 35.5. The third-order valence-corrected chi connectivity index (χ3v) is 5.07. The van der Waals surface area contributed by atoms with Gasteiger partial charge in [0.15, 0.2) is 5.76 Å². The molecule has 0 spiro atoms. The van der Waals surface area contributed by atoms with Gasteiger partial charge >= 0.3 is 0 Å². The Labute approximate surface area is 158 Å². The molecule has 7 heteroatoms. The van der Waals surface area contributed by atoms with Gasteiger partial charge in [-0.05, 0) is 43.2 Å². The number of benzene rings is 2. The summed E-state index contributed by atoms with van der Waals surface area (Å²) in [7, 11) is 0. The Morgan fingerprint density at radius 3 is 2.65 bits per heavy atom. The number of halogens is 3. The second kappa shape index (κ2) is 6.41. The van der Waals surface area contributed by atoms with E-state index in [1.165, 1.54) is 6.07 Å². The maximum absolute atomic E-state index is 13.9. The Kier molecular flexibility index (Phi) is 4.21. The lowest BCUT2D eigenvalue weighted by atomic mass is 10.00. The quantitative estimate of drug-likeness (QED) is 0.643. The van der Waals surface area contributed by atoms with Gasteiger partial charge in [0.2, 0.25) is 5.91 Å². The van der Waals surface area contributed by atoms with Gasteiger partial charge in [-0.3, -0.25) is 4.79 Å². The van der Waals surface area contributed by atoms with Gasteiger partial charge in [-0.25, -0.2) is 4.39 Å². The summed E-state index contributed by atoms with van der Waals surface area (Å²) in [5.41, 5.74) is 0.429. The summed E-state index contributed by atoms with van der Waals surface area (Å²) in [6.45, 7) is 0. The minimum absolute atomic E-state index is 0.241. The number of anilines is 1. The van der Waals surface area contributed by atoms with Crippen molar-refractivity contribution in [3.8, 4) is 11.3 Å². The zero-order valence-electron chi connectivity index (χ0n) is 13.4. The van der Waals surface area contributed by atoms with Crippen LogP contribution in [0.15, 0.2) is 53.1 Å². The van der Waals surface area contributed by atoms with E-state index in [1.807, 2.05) is 0 Å². The molecule has 26 heavy (non-hydrogen) atoms. The number of amides is 1. The van der Waals surface area contributed by atoms with Crippen LogP contribution in [0.4, 0.5) is 10.1 Å². The predicted octanol–water partition coefficient (Wildman–Crippen LogP) is 5.46. The molecule has 0 aliphatic heterocycles. The van der Waals surface area contributed by atoms with Crippen LogP contribution < -0.4 is 5.32 Å². The number of aromatic nitrogens is 1. The largest absolute Gasteiger partial charge is 0.356 e. The van der Waals surface area contributed by atoms with Gasteiger partial charge in [0.25, 0.3) is 0 Å². The van der Waals surface area contributed by atoms with Crippen molar-refractivity contribution in [2.45, 2.75) is 18.3 Å². The highest BCUT2D eigenvalue weighted by Crippen LogP contribution is 2.49. The minimum Gasteiger partial charge on any atom is -0.356 e. The molecule has 0 unspecified atom stereocenters. The fourth-order valence-corrected chi connectivity index (χ4v) is 3.19. The van der Waals surface area contributed by atoms with Gasteiger partial charge in [-0.1, -0.05) is 40.5 Å². The number of hydrogen-bond acceptors (Lipinski definition) is 3. The molecule has 0 radical (unpaired) electrons. The highest BCUT2D eigenvalue weighted by Gasteiger charge is 2.54. The van der Waals surface area contributed by atoms with Gasteiger partial charge in [0.1, 0.15) is 5.82 Å². The molecule has 0 atom stereocenters. The van der Waals surface area contributed by atoms with Crippen LogP contribution in [0.3, 0.4) is 0 Å². The first-order valence-electron chi connectivity index (χ1n) is 7.98.